The van der Waals surface area contributed by atoms with Gasteiger partial charge in [0.25, 0.3) is 0 Å². The van der Waals surface area contributed by atoms with Gasteiger partial charge in [-0.2, -0.15) is 0 Å². The van der Waals surface area contributed by atoms with Crippen LogP contribution in [0.2, 0.25) is 13.1 Å². The minimum absolute atomic E-state index is 0.556. The zero-order valence-electron chi connectivity index (χ0n) is 11.4. The van der Waals surface area contributed by atoms with Gasteiger partial charge in [0.05, 0.1) is 0 Å². The molecule has 0 heterocycles. The summed E-state index contributed by atoms with van der Waals surface area (Å²) in [5, 5.41) is 0. The Labute approximate surface area is 138 Å². The van der Waals surface area contributed by atoms with E-state index in [2.05, 4.69) is 13.1 Å². The molecule has 0 bridgehead atoms. The van der Waals surface area contributed by atoms with Gasteiger partial charge in [-0.1, -0.05) is 60.7 Å². The van der Waals surface area contributed by atoms with Gasteiger partial charge in [-0.15, -0.1) is 32.9 Å². The summed E-state index contributed by atoms with van der Waals surface area (Å²) in [6, 6.07) is 20.1. The summed E-state index contributed by atoms with van der Waals surface area (Å²) in [5.74, 6) is 0. The van der Waals surface area contributed by atoms with Gasteiger partial charge in [-0.05, 0) is 0 Å². The third-order valence-electron chi connectivity index (χ3n) is 2.32. The summed E-state index contributed by atoms with van der Waals surface area (Å²) in [6.45, 7) is 4.29. The van der Waals surface area contributed by atoms with Crippen LogP contribution in [0.3, 0.4) is 0 Å². The third kappa shape index (κ3) is 7.36. The van der Waals surface area contributed by atoms with Gasteiger partial charge >= 0.3 is 35.6 Å². The molecule has 0 unspecified atom stereocenters. The van der Waals surface area contributed by atoms with E-state index in [0.717, 1.165) is 11.4 Å². The van der Waals surface area contributed by atoms with Crippen molar-refractivity contribution in [2.75, 3.05) is 0 Å². The van der Waals surface area contributed by atoms with Crippen molar-refractivity contribution in [3.63, 3.8) is 0 Å². The monoisotopic (exact) mass is 358 g/mol. The Morgan fingerprint density at radius 3 is 1.35 bits per heavy atom. The second-order valence-corrected chi connectivity index (χ2v) is 10.5. The number of halogens is 2. The van der Waals surface area contributed by atoms with E-state index in [-0.39, 0.29) is 0 Å². The quantitative estimate of drug-likeness (QED) is 0.560. The first-order valence-electron chi connectivity index (χ1n) is 6.09. The van der Waals surface area contributed by atoms with Crippen LogP contribution >= 0.6 is 18.6 Å². The third-order valence-corrected chi connectivity index (χ3v) is 3.93. The molecule has 0 aliphatic heterocycles. The van der Waals surface area contributed by atoms with Gasteiger partial charge in [-0.3, -0.25) is 0 Å². The van der Waals surface area contributed by atoms with Crippen molar-refractivity contribution in [3.05, 3.63) is 70.6 Å². The van der Waals surface area contributed by atoms with E-state index in [0.29, 0.717) is 0 Å². The van der Waals surface area contributed by atoms with Gasteiger partial charge < -0.3 is 9.96 Å². The normalized spacial score (nSPS) is 10.0. The first-order chi connectivity index (χ1) is 9.57. The molecule has 0 radical (unpaired) electrons. The van der Waals surface area contributed by atoms with Gasteiger partial charge in [0.15, 0.2) is 0 Å². The molecule has 0 aliphatic rings. The summed E-state index contributed by atoms with van der Waals surface area (Å²) < 4.78 is 0. The van der Waals surface area contributed by atoms with Crippen LogP contribution in [0.1, 0.15) is 0 Å². The molecular formula is C14H16Cl2N2SiTi-2. The van der Waals surface area contributed by atoms with E-state index in [1.165, 1.54) is 0 Å². The van der Waals surface area contributed by atoms with Gasteiger partial charge in [-0.25, -0.2) is 0 Å². The molecule has 0 saturated heterocycles. The molecule has 106 valence electrons. The molecule has 2 aromatic rings. The first kappa shape index (κ1) is 17.6. The minimum atomic E-state index is -1.93. The van der Waals surface area contributed by atoms with E-state index in [1.807, 2.05) is 60.7 Å². The summed E-state index contributed by atoms with van der Waals surface area (Å²) in [6.07, 6.45) is 0. The molecule has 0 amide bonds. The van der Waals surface area contributed by atoms with Crippen LogP contribution in [-0.4, -0.2) is 8.40 Å². The predicted molar refractivity (Wildman–Crippen MR) is 88.1 cm³/mol. The summed E-state index contributed by atoms with van der Waals surface area (Å²) >= 11 is -0.556. The summed E-state index contributed by atoms with van der Waals surface area (Å²) in [4.78, 5) is 9.52. The van der Waals surface area contributed by atoms with Crippen LogP contribution in [0.15, 0.2) is 60.7 Å². The van der Waals surface area contributed by atoms with Crippen molar-refractivity contribution >= 4 is 38.4 Å². The number of rotatable bonds is 4. The predicted octanol–water partition coefficient (Wildman–Crippen LogP) is 6.48. The first-order valence-corrected chi connectivity index (χ1v) is 13.3. The van der Waals surface area contributed by atoms with Crippen molar-refractivity contribution in [2.24, 2.45) is 0 Å². The molecule has 0 aliphatic carbocycles. The molecule has 2 nitrogen and oxygen atoms in total. The van der Waals surface area contributed by atoms with Crippen molar-refractivity contribution in [1.82, 2.24) is 0 Å². The Morgan fingerprint density at radius 2 is 1.05 bits per heavy atom. The Morgan fingerprint density at radius 1 is 0.750 bits per heavy atom. The number of benzene rings is 2. The van der Waals surface area contributed by atoms with E-state index in [1.54, 1.807) is 0 Å². The second-order valence-electron chi connectivity index (χ2n) is 4.46. The van der Waals surface area contributed by atoms with Crippen LogP contribution in [-0.2, 0) is 17.0 Å². The molecule has 0 fully saturated rings. The van der Waals surface area contributed by atoms with Crippen LogP contribution < -0.4 is 0 Å². The number of hydrogen-bond acceptors (Lipinski definition) is 0. The Balaban J connectivity index is 0.000000612. The molecule has 0 spiro atoms. The molecule has 2 aromatic carbocycles. The molecule has 0 atom stereocenters. The van der Waals surface area contributed by atoms with Gasteiger partial charge in [0.1, 0.15) is 0 Å². The Hall–Kier alpha value is -0.449. The standard InChI is InChI=1S/C14H16N2Si.2ClH.Ti/c1-17(2,15-13-9-5-3-6-10-13)16-14-11-7-4-8-12-14;;;/h3-12H,1-2H3;2*1H;/q-2;;;+2/p-2. The van der Waals surface area contributed by atoms with Gasteiger partial charge in [0, 0.05) is 0 Å². The SMILES string of the molecule is C[Si](C)([N-]c1ccccc1)[N-]c1ccccc1.[Cl][Ti][Cl]. The van der Waals surface area contributed by atoms with E-state index in [9.17, 15) is 0 Å². The maximum absolute atomic E-state index is 4.89. The van der Waals surface area contributed by atoms with Crippen molar-refractivity contribution in [3.8, 4) is 0 Å². The maximum atomic E-state index is 4.89. The van der Waals surface area contributed by atoms with Crippen molar-refractivity contribution in [1.29, 1.82) is 0 Å². The fourth-order valence-corrected chi connectivity index (χ4v) is 3.27. The molecule has 0 N–H and O–H groups in total. The van der Waals surface area contributed by atoms with E-state index in [4.69, 9.17) is 28.6 Å². The molecule has 6 heteroatoms. The number of nitrogens with zero attached hydrogens (tertiary/aromatic N) is 2. The molecule has 0 saturated carbocycles. The van der Waals surface area contributed by atoms with Crippen LogP contribution in [0.25, 0.3) is 9.96 Å². The summed E-state index contributed by atoms with van der Waals surface area (Å²) in [5.41, 5.74) is 2.03. The van der Waals surface area contributed by atoms with Crippen LogP contribution in [0.4, 0.5) is 11.4 Å². The Bertz CT molecular complexity index is 440. The van der Waals surface area contributed by atoms with Crippen molar-refractivity contribution < 1.29 is 17.0 Å². The van der Waals surface area contributed by atoms with Gasteiger partial charge in [0.2, 0.25) is 0 Å². The molecule has 2 rings (SSSR count). The van der Waals surface area contributed by atoms with E-state index < -0.39 is 25.4 Å². The fourth-order valence-electron chi connectivity index (χ4n) is 1.66. The number of hydrogen-bond donors (Lipinski definition) is 0. The molecule has 0 aromatic heterocycles. The average molecular weight is 359 g/mol. The topological polar surface area (TPSA) is 28.2 Å². The second kappa shape index (κ2) is 9.48. The molecule has 20 heavy (non-hydrogen) atoms. The zero-order valence-corrected chi connectivity index (χ0v) is 15.5. The van der Waals surface area contributed by atoms with E-state index >= 15 is 0 Å². The van der Waals surface area contributed by atoms with Crippen molar-refractivity contribution in [2.45, 2.75) is 13.1 Å². The summed E-state index contributed by atoms with van der Waals surface area (Å²) in [7, 11) is 7.84. The van der Waals surface area contributed by atoms with Crippen LogP contribution in [0, 0.1) is 0 Å². The average Bonchev–Trinajstić information content (AvgIpc) is 2.40. The Kier molecular flexibility index (Phi) is 8.34. The van der Waals surface area contributed by atoms with Crippen LogP contribution in [0.5, 0.6) is 0 Å². The fraction of sp³-hybridized carbons (Fsp3) is 0.143. The zero-order chi connectivity index (χ0) is 14.8. The molecular weight excluding hydrogens is 343 g/mol.